The van der Waals surface area contributed by atoms with Crippen LogP contribution < -0.4 is 0 Å². The summed E-state index contributed by atoms with van der Waals surface area (Å²) in [5.41, 5.74) is 9.57. The van der Waals surface area contributed by atoms with Crippen LogP contribution in [-0.2, 0) is 0 Å². The number of pyridine rings is 4. The molecule has 0 bridgehead atoms. The van der Waals surface area contributed by atoms with E-state index in [1.807, 2.05) is 97.1 Å². The minimum Gasteiger partial charge on any atom is -0.254 e. The van der Waals surface area contributed by atoms with E-state index in [4.69, 9.17) is 19.9 Å². The number of nitrogens with zero attached hydrogens (tertiary/aromatic N) is 4. The van der Waals surface area contributed by atoms with Crippen LogP contribution in [0.5, 0.6) is 0 Å². The fourth-order valence-corrected chi connectivity index (χ4v) is 6.16. The molecule has 4 aromatic carbocycles. The van der Waals surface area contributed by atoms with Crippen molar-refractivity contribution in [2.24, 2.45) is 0 Å². The van der Waals surface area contributed by atoms with Crippen molar-refractivity contribution in [3.63, 3.8) is 0 Å². The summed E-state index contributed by atoms with van der Waals surface area (Å²) in [5.74, 6) is 27.8. The zero-order valence-corrected chi connectivity index (χ0v) is 25.3. The lowest BCUT2D eigenvalue weighted by molar-refractivity contribution is 1.37. The second-order valence-corrected chi connectivity index (χ2v) is 11.2. The van der Waals surface area contributed by atoms with E-state index < -0.39 is 0 Å². The molecule has 0 saturated heterocycles. The Labute approximate surface area is 276 Å². The highest BCUT2D eigenvalue weighted by atomic mass is 14.7. The molecule has 0 amide bonds. The molecule has 0 aliphatic heterocycles. The van der Waals surface area contributed by atoms with Gasteiger partial charge in [-0.25, -0.2) is 0 Å². The molecule has 4 heteroatoms. The quantitative estimate of drug-likeness (QED) is 0.131. The van der Waals surface area contributed by atoms with Crippen LogP contribution in [0.3, 0.4) is 0 Å². The van der Waals surface area contributed by atoms with Gasteiger partial charge in [0.25, 0.3) is 0 Å². The predicted octanol–water partition coefficient (Wildman–Crippen LogP) is 7.79. The SMILES string of the molecule is C1#Cc2c(c3cccnc3c3ncccc23)C#Cc2ccccc2C#Cc2c(c3cccnc3c3ncccc23)C#Cc2ccccc21. The van der Waals surface area contributed by atoms with E-state index in [1.54, 1.807) is 24.8 Å². The number of rotatable bonds is 0. The van der Waals surface area contributed by atoms with E-state index >= 15 is 0 Å². The van der Waals surface area contributed by atoms with Crippen molar-refractivity contribution in [2.45, 2.75) is 0 Å². The van der Waals surface area contributed by atoms with E-state index in [-0.39, 0.29) is 0 Å². The van der Waals surface area contributed by atoms with Gasteiger partial charge in [0.1, 0.15) is 0 Å². The maximum absolute atomic E-state index is 4.72. The number of hydrogen-bond donors (Lipinski definition) is 0. The van der Waals surface area contributed by atoms with Gasteiger partial charge in [-0.05, 0) is 72.8 Å². The maximum Gasteiger partial charge on any atom is 0.0977 e. The van der Waals surface area contributed by atoms with Crippen molar-refractivity contribution in [3.05, 3.63) is 166 Å². The Morgan fingerprint density at radius 3 is 0.771 bits per heavy atom. The maximum atomic E-state index is 4.72. The molecule has 1 aliphatic carbocycles. The fraction of sp³-hybridized carbons (Fsp3) is 0. The summed E-state index contributed by atoms with van der Waals surface area (Å²) in [6.45, 7) is 0. The third kappa shape index (κ3) is 4.50. The van der Waals surface area contributed by atoms with Gasteiger partial charge in [0.2, 0.25) is 0 Å². The second-order valence-electron chi connectivity index (χ2n) is 11.2. The van der Waals surface area contributed by atoms with Gasteiger partial charge >= 0.3 is 0 Å². The van der Waals surface area contributed by atoms with Crippen molar-refractivity contribution in [3.8, 4) is 47.4 Å². The van der Waals surface area contributed by atoms with E-state index in [0.717, 1.165) is 88.1 Å². The lowest BCUT2D eigenvalue weighted by Gasteiger charge is -2.09. The summed E-state index contributed by atoms with van der Waals surface area (Å²) < 4.78 is 0. The van der Waals surface area contributed by atoms with Crippen LogP contribution in [0.2, 0.25) is 0 Å². The molecule has 4 heterocycles. The lowest BCUT2D eigenvalue weighted by atomic mass is 9.95. The Bertz CT molecular complexity index is 2530. The monoisotopic (exact) mass is 604 g/mol. The smallest absolute Gasteiger partial charge is 0.0977 e. The Balaban J connectivity index is 1.42. The normalized spacial score (nSPS) is 11.3. The van der Waals surface area contributed by atoms with Crippen LogP contribution in [0.1, 0.15) is 44.5 Å². The highest BCUT2D eigenvalue weighted by Crippen LogP contribution is 2.31. The van der Waals surface area contributed by atoms with Crippen molar-refractivity contribution < 1.29 is 0 Å². The summed E-state index contributed by atoms with van der Waals surface area (Å²) in [7, 11) is 0. The molecule has 0 N–H and O–H groups in total. The Morgan fingerprint density at radius 2 is 0.521 bits per heavy atom. The molecule has 4 nitrogen and oxygen atoms in total. The van der Waals surface area contributed by atoms with Crippen molar-refractivity contribution in [1.82, 2.24) is 19.9 Å². The molecule has 216 valence electrons. The van der Waals surface area contributed by atoms with Gasteiger partial charge in [-0.3, -0.25) is 19.9 Å². The topological polar surface area (TPSA) is 51.6 Å². The molecular weight excluding hydrogens is 585 g/mol. The molecule has 0 spiro atoms. The minimum absolute atomic E-state index is 0.788. The zero-order chi connectivity index (χ0) is 31.9. The average molecular weight is 605 g/mol. The standard InChI is InChI=1S/C44H20N4/c1-2-10-30-18-22-34-36(40-16-8-28-48-44(40)42-38(34)14-6-26-46-42)24-20-32-12-4-3-11-31(32)19-23-35-33(21-17-29(30)9-1)37-13-5-25-45-41(37)43-39(35)15-7-27-47-43/h1-16,25-28H. The Morgan fingerprint density at radius 1 is 0.271 bits per heavy atom. The molecule has 1 aliphatic rings. The first-order chi connectivity index (χ1) is 23.8. The summed E-state index contributed by atoms with van der Waals surface area (Å²) in [4.78, 5) is 18.9. The molecule has 0 radical (unpaired) electrons. The molecule has 9 rings (SSSR count). The number of benzene rings is 4. The van der Waals surface area contributed by atoms with Gasteiger partial charge < -0.3 is 0 Å². The predicted molar refractivity (Wildman–Crippen MR) is 191 cm³/mol. The van der Waals surface area contributed by atoms with Crippen molar-refractivity contribution >= 4 is 43.6 Å². The van der Waals surface area contributed by atoms with Crippen molar-refractivity contribution in [2.75, 3.05) is 0 Å². The third-order valence-electron chi connectivity index (χ3n) is 8.40. The largest absolute Gasteiger partial charge is 0.254 e. The third-order valence-corrected chi connectivity index (χ3v) is 8.40. The van der Waals surface area contributed by atoms with E-state index in [0.29, 0.717) is 0 Å². The molecule has 0 atom stereocenters. The van der Waals surface area contributed by atoms with Crippen LogP contribution in [0.4, 0.5) is 0 Å². The van der Waals surface area contributed by atoms with Gasteiger partial charge in [-0.2, -0.15) is 0 Å². The van der Waals surface area contributed by atoms with E-state index in [1.165, 1.54) is 0 Å². The van der Waals surface area contributed by atoms with Crippen LogP contribution in [-0.4, -0.2) is 19.9 Å². The minimum atomic E-state index is 0.788. The highest BCUT2D eigenvalue weighted by Gasteiger charge is 2.16. The second kappa shape index (κ2) is 11.3. The Kier molecular flexibility index (Phi) is 6.37. The van der Waals surface area contributed by atoms with Gasteiger partial charge in [0.05, 0.1) is 44.3 Å². The highest BCUT2D eigenvalue weighted by molar-refractivity contribution is 6.10. The van der Waals surface area contributed by atoms with Gasteiger partial charge in [-0.15, -0.1) is 0 Å². The molecule has 48 heavy (non-hydrogen) atoms. The number of aromatic nitrogens is 4. The molecule has 8 aromatic rings. The van der Waals surface area contributed by atoms with Crippen LogP contribution in [0, 0.1) is 47.4 Å². The molecule has 0 unspecified atom stereocenters. The van der Waals surface area contributed by atoms with E-state index in [9.17, 15) is 0 Å². The van der Waals surface area contributed by atoms with Crippen molar-refractivity contribution in [1.29, 1.82) is 0 Å². The molecular formula is C44H20N4. The first-order valence-corrected chi connectivity index (χ1v) is 15.4. The van der Waals surface area contributed by atoms with E-state index in [2.05, 4.69) is 47.4 Å². The lowest BCUT2D eigenvalue weighted by Crippen LogP contribution is -1.96. The zero-order valence-electron chi connectivity index (χ0n) is 25.3. The fourth-order valence-electron chi connectivity index (χ4n) is 6.16. The summed E-state index contributed by atoms with van der Waals surface area (Å²) >= 11 is 0. The van der Waals surface area contributed by atoms with Crippen LogP contribution in [0.15, 0.2) is 122 Å². The van der Waals surface area contributed by atoms with Gasteiger partial charge in [-0.1, -0.05) is 71.6 Å². The van der Waals surface area contributed by atoms with Crippen LogP contribution in [0.25, 0.3) is 43.6 Å². The number of fused-ring (bicyclic) bond motifs is 14. The molecule has 0 fully saturated rings. The first-order valence-electron chi connectivity index (χ1n) is 15.4. The first kappa shape index (κ1) is 27.1. The van der Waals surface area contributed by atoms with Gasteiger partial charge in [0, 0.05) is 68.6 Å². The van der Waals surface area contributed by atoms with Crippen LogP contribution >= 0.6 is 0 Å². The number of hydrogen-bond acceptors (Lipinski definition) is 4. The molecule has 0 saturated carbocycles. The van der Waals surface area contributed by atoms with Gasteiger partial charge in [0.15, 0.2) is 0 Å². The summed E-state index contributed by atoms with van der Waals surface area (Å²) in [6.07, 6.45) is 7.14. The average Bonchev–Trinajstić information content (AvgIpc) is 3.15. The molecule has 4 aromatic heterocycles. The summed E-state index contributed by atoms with van der Waals surface area (Å²) in [6, 6.07) is 31.7. The summed E-state index contributed by atoms with van der Waals surface area (Å²) in [5, 5.41) is 3.58. The Hall–Kier alpha value is -7.24.